The molecular weight excluding hydrogens is 224 g/mol. The third-order valence-electron chi connectivity index (χ3n) is 1.72. The number of benzene rings is 1. The lowest BCUT2D eigenvalue weighted by Crippen LogP contribution is -1.97. The van der Waals surface area contributed by atoms with E-state index >= 15 is 0 Å². The number of aryl methyl sites for hydroxylation is 1. The Kier molecular flexibility index (Phi) is 3.92. The highest BCUT2D eigenvalue weighted by Crippen LogP contribution is 2.29. The van der Waals surface area contributed by atoms with Crippen molar-refractivity contribution in [2.45, 2.75) is 18.7 Å². The lowest BCUT2D eigenvalue weighted by molar-refractivity contribution is 0.340. The van der Waals surface area contributed by atoms with Gasteiger partial charge in [-0.05, 0) is 31.5 Å². The summed E-state index contributed by atoms with van der Waals surface area (Å²) in [5.74, 6) is 0.542. The van der Waals surface area contributed by atoms with E-state index in [1.807, 2.05) is 6.92 Å². The van der Waals surface area contributed by atoms with Gasteiger partial charge in [-0.2, -0.15) is 0 Å². The van der Waals surface area contributed by atoms with E-state index in [1.54, 1.807) is 13.0 Å². The first-order valence-corrected chi connectivity index (χ1v) is 5.58. The molecule has 14 heavy (non-hydrogen) atoms. The van der Waals surface area contributed by atoms with Crippen LogP contribution in [0.5, 0.6) is 5.75 Å². The van der Waals surface area contributed by atoms with E-state index in [2.05, 4.69) is 0 Å². The van der Waals surface area contributed by atoms with Gasteiger partial charge >= 0.3 is 0 Å². The molecule has 1 unspecified atom stereocenters. The summed E-state index contributed by atoms with van der Waals surface area (Å²) in [5.41, 5.74) is 0.693. The van der Waals surface area contributed by atoms with Gasteiger partial charge in [0.1, 0.15) is 5.75 Å². The van der Waals surface area contributed by atoms with E-state index in [-0.39, 0.29) is 0 Å². The van der Waals surface area contributed by atoms with Crippen LogP contribution in [-0.4, -0.2) is 15.4 Å². The van der Waals surface area contributed by atoms with Gasteiger partial charge < -0.3 is 9.29 Å². The van der Waals surface area contributed by atoms with Crippen molar-refractivity contribution in [1.29, 1.82) is 0 Å². The predicted octanol–water partition coefficient (Wildman–Crippen LogP) is 2.63. The molecule has 5 heteroatoms. The first-order chi connectivity index (χ1) is 6.56. The Balaban J connectivity index is 3.17. The van der Waals surface area contributed by atoms with Crippen molar-refractivity contribution in [3.8, 4) is 5.75 Å². The Morgan fingerprint density at radius 3 is 2.71 bits per heavy atom. The average Bonchev–Trinajstić information content (AvgIpc) is 2.10. The minimum absolute atomic E-state index is 0.318. The molecule has 1 N–H and O–H groups in total. The SMILES string of the molecule is CCOc1cc(C)c(S(=O)O)cc1Cl. The lowest BCUT2D eigenvalue weighted by atomic mass is 10.2. The monoisotopic (exact) mass is 234 g/mol. The van der Waals surface area contributed by atoms with Crippen molar-refractivity contribution >= 4 is 22.7 Å². The van der Waals surface area contributed by atoms with Gasteiger partial charge in [-0.3, -0.25) is 0 Å². The fraction of sp³-hybridized carbons (Fsp3) is 0.333. The lowest BCUT2D eigenvalue weighted by Gasteiger charge is -2.08. The van der Waals surface area contributed by atoms with Crippen LogP contribution >= 0.6 is 11.6 Å². The maximum atomic E-state index is 10.9. The second-order valence-corrected chi connectivity index (χ2v) is 4.08. The third kappa shape index (κ3) is 2.47. The molecule has 0 aliphatic carbocycles. The topological polar surface area (TPSA) is 46.5 Å². The molecular formula is C9H11ClO3S. The minimum atomic E-state index is -2.00. The second-order valence-electron chi connectivity index (χ2n) is 2.73. The van der Waals surface area contributed by atoms with Gasteiger partial charge in [0.05, 0.1) is 16.5 Å². The molecule has 1 aromatic rings. The molecule has 0 aliphatic heterocycles. The molecule has 0 heterocycles. The Hall–Kier alpha value is -0.580. The Morgan fingerprint density at radius 1 is 1.57 bits per heavy atom. The zero-order valence-electron chi connectivity index (χ0n) is 7.91. The Morgan fingerprint density at radius 2 is 2.21 bits per heavy atom. The fourth-order valence-electron chi connectivity index (χ4n) is 1.09. The molecule has 0 fully saturated rings. The van der Waals surface area contributed by atoms with E-state index < -0.39 is 11.1 Å². The summed E-state index contributed by atoms with van der Waals surface area (Å²) < 4.78 is 25.0. The standard InChI is InChI=1S/C9H11ClO3S/c1-3-13-8-4-6(2)9(14(11)12)5-7(8)10/h4-5H,3H2,1-2H3,(H,11,12). The molecule has 0 saturated heterocycles. The molecule has 1 rings (SSSR count). The van der Waals surface area contributed by atoms with Crippen molar-refractivity contribution in [3.63, 3.8) is 0 Å². The van der Waals surface area contributed by atoms with Gasteiger partial charge in [0.15, 0.2) is 11.1 Å². The van der Waals surface area contributed by atoms with Crippen LogP contribution in [0.3, 0.4) is 0 Å². The Labute approximate surface area is 90.3 Å². The van der Waals surface area contributed by atoms with Crippen molar-refractivity contribution in [3.05, 3.63) is 22.7 Å². The largest absolute Gasteiger partial charge is 0.492 e. The summed E-state index contributed by atoms with van der Waals surface area (Å²) >= 11 is 3.85. The van der Waals surface area contributed by atoms with Crippen molar-refractivity contribution in [2.24, 2.45) is 0 Å². The van der Waals surface area contributed by atoms with Gasteiger partial charge in [0.2, 0.25) is 0 Å². The number of hydrogen-bond donors (Lipinski definition) is 1. The van der Waals surface area contributed by atoms with Crippen LogP contribution in [-0.2, 0) is 11.1 Å². The average molecular weight is 235 g/mol. The van der Waals surface area contributed by atoms with Crippen molar-refractivity contribution < 1.29 is 13.5 Å². The molecule has 0 amide bonds. The molecule has 0 aliphatic rings. The smallest absolute Gasteiger partial charge is 0.186 e. The maximum absolute atomic E-state index is 10.9. The van der Waals surface area contributed by atoms with Gasteiger partial charge in [0, 0.05) is 0 Å². The summed E-state index contributed by atoms with van der Waals surface area (Å²) in [6.45, 7) is 4.10. The molecule has 0 bridgehead atoms. The summed E-state index contributed by atoms with van der Waals surface area (Å²) in [5, 5.41) is 0.356. The van der Waals surface area contributed by atoms with Crippen LogP contribution in [0.15, 0.2) is 17.0 Å². The summed E-state index contributed by atoms with van der Waals surface area (Å²) in [6.07, 6.45) is 0. The molecule has 0 spiro atoms. The van der Waals surface area contributed by atoms with Gasteiger partial charge in [-0.25, -0.2) is 4.21 Å². The van der Waals surface area contributed by atoms with E-state index in [4.69, 9.17) is 20.9 Å². The minimum Gasteiger partial charge on any atom is -0.492 e. The van der Waals surface area contributed by atoms with Gasteiger partial charge in [-0.1, -0.05) is 11.6 Å². The highest BCUT2D eigenvalue weighted by Gasteiger charge is 2.10. The molecule has 1 atom stereocenters. The predicted molar refractivity (Wildman–Crippen MR) is 56.4 cm³/mol. The van der Waals surface area contributed by atoms with Crippen LogP contribution in [0.1, 0.15) is 12.5 Å². The summed E-state index contributed by atoms with van der Waals surface area (Å²) in [6, 6.07) is 3.12. The fourth-order valence-corrected chi connectivity index (χ4v) is 1.93. The number of rotatable bonds is 3. The van der Waals surface area contributed by atoms with Crippen LogP contribution < -0.4 is 4.74 Å². The zero-order valence-corrected chi connectivity index (χ0v) is 9.48. The van der Waals surface area contributed by atoms with Crippen LogP contribution in [0.2, 0.25) is 5.02 Å². The Bertz CT molecular complexity index is 365. The highest BCUT2D eigenvalue weighted by atomic mass is 35.5. The van der Waals surface area contributed by atoms with Crippen LogP contribution in [0.25, 0.3) is 0 Å². The van der Waals surface area contributed by atoms with Crippen LogP contribution in [0.4, 0.5) is 0 Å². The molecule has 3 nitrogen and oxygen atoms in total. The first kappa shape index (κ1) is 11.5. The van der Waals surface area contributed by atoms with E-state index in [0.29, 0.717) is 27.8 Å². The quantitative estimate of drug-likeness (QED) is 0.818. The highest BCUT2D eigenvalue weighted by molar-refractivity contribution is 7.79. The number of hydrogen-bond acceptors (Lipinski definition) is 2. The number of ether oxygens (including phenoxy) is 1. The number of halogens is 1. The van der Waals surface area contributed by atoms with Crippen molar-refractivity contribution in [1.82, 2.24) is 0 Å². The normalized spacial score (nSPS) is 12.6. The molecule has 0 aromatic heterocycles. The van der Waals surface area contributed by atoms with Crippen molar-refractivity contribution in [2.75, 3.05) is 6.61 Å². The maximum Gasteiger partial charge on any atom is 0.186 e. The van der Waals surface area contributed by atoms with E-state index in [1.165, 1.54) is 6.07 Å². The summed E-state index contributed by atoms with van der Waals surface area (Å²) in [7, 11) is 0. The third-order valence-corrected chi connectivity index (χ3v) is 2.83. The second kappa shape index (κ2) is 4.77. The summed E-state index contributed by atoms with van der Waals surface area (Å²) in [4.78, 5) is 0.318. The zero-order chi connectivity index (χ0) is 10.7. The van der Waals surface area contributed by atoms with E-state index in [0.717, 1.165) is 0 Å². The van der Waals surface area contributed by atoms with Crippen LogP contribution in [0, 0.1) is 6.92 Å². The molecule has 0 radical (unpaired) electrons. The van der Waals surface area contributed by atoms with Gasteiger partial charge in [-0.15, -0.1) is 0 Å². The molecule has 0 saturated carbocycles. The molecule has 78 valence electrons. The first-order valence-electron chi connectivity index (χ1n) is 4.10. The van der Waals surface area contributed by atoms with Gasteiger partial charge in [0.25, 0.3) is 0 Å². The molecule has 1 aromatic carbocycles. The van der Waals surface area contributed by atoms with E-state index in [9.17, 15) is 4.21 Å².